The molecule has 0 atom stereocenters. The molecule has 0 bridgehead atoms. The number of nitrogens with zero attached hydrogens (tertiary/aromatic N) is 1. The van der Waals surface area contributed by atoms with Crippen LogP contribution in [0.25, 0.3) is 0 Å². The van der Waals surface area contributed by atoms with E-state index < -0.39 is 0 Å². The fraction of sp³-hybridized carbons (Fsp3) is 0.636. The van der Waals surface area contributed by atoms with Crippen LogP contribution in [0.1, 0.15) is 48.0 Å². The molecule has 0 aliphatic carbocycles. The highest BCUT2D eigenvalue weighted by molar-refractivity contribution is 8.00. The first-order valence-electron chi connectivity index (χ1n) is 9.84. The number of thioether (sulfide) groups is 1. The maximum atomic E-state index is 3.82. The van der Waals surface area contributed by atoms with E-state index >= 15 is 0 Å². The predicted molar refractivity (Wildman–Crippen MR) is 121 cm³/mol. The van der Waals surface area contributed by atoms with Crippen molar-refractivity contribution in [3.8, 4) is 0 Å². The average Bonchev–Trinajstić information content (AvgIpc) is 2.57. The largest absolute Gasteiger partial charge is 0.382 e. The van der Waals surface area contributed by atoms with Gasteiger partial charge in [0, 0.05) is 24.4 Å². The van der Waals surface area contributed by atoms with Crippen molar-refractivity contribution in [3.05, 3.63) is 36.9 Å². The summed E-state index contributed by atoms with van der Waals surface area (Å²) in [5.74, 6) is 2.33. The minimum atomic E-state index is 0.185. The Morgan fingerprint density at radius 3 is 2.46 bits per heavy atom. The molecule has 0 unspecified atom stereocenters. The molecule has 0 radical (unpaired) electrons. The summed E-state index contributed by atoms with van der Waals surface area (Å²) in [7, 11) is 0. The first-order chi connectivity index (χ1) is 12.2. The van der Waals surface area contributed by atoms with Gasteiger partial charge in [-0.3, -0.25) is 0 Å². The minimum absolute atomic E-state index is 0.185. The fourth-order valence-corrected chi connectivity index (χ4v) is 3.55. The van der Waals surface area contributed by atoms with Crippen LogP contribution in [0.2, 0.25) is 0 Å². The third kappa shape index (κ3) is 9.00. The summed E-state index contributed by atoms with van der Waals surface area (Å²) in [6.45, 7) is 20.3. The minimum Gasteiger partial charge on any atom is -0.382 e. The summed E-state index contributed by atoms with van der Waals surface area (Å²) < 4.78 is 0.185. The summed E-state index contributed by atoms with van der Waals surface area (Å²) in [4.78, 5) is 0. The normalized spacial score (nSPS) is 11.8. The summed E-state index contributed by atoms with van der Waals surface area (Å²) >= 11 is 2.00. The predicted octanol–water partition coefficient (Wildman–Crippen LogP) is 5.81. The molecule has 0 aliphatic rings. The zero-order chi connectivity index (χ0) is 19.6. The molecular weight excluding hydrogens is 338 g/mol. The van der Waals surface area contributed by atoms with Crippen LogP contribution in [0.3, 0.4) is 0 Å². The summed E-state index contributed by atoms with van der Waals surface area (Å²) in [5, 5.41) is 6.00. The Bertz CT molecular complexity index is 526. The molecule has 3 nitrogen and oxygen atoms in total. The van der Waals surface area contributed by atoms with Crippen LogP contribution in [0.4, 0.5) is 11.4 Å². The van der Waals surface area contributed by atoms with Crippen LogP contribution in [-0.4, -0.2) is 30.1 Å². The lowest BCUT2D eigenvalue weighted by atomic mass is 10.1. The highest BCUT2D eigenvalue weighted by atomic mass is 32.2. The van der Waals surface area contributed by atoms with Crippen molar-refractivity contribution in [2.75, 3.05) is 35.7 Å². The lowest BCUT2D eigenvalue weighted by Crippen LogP contribution is -2.43. The average molecular weight is 378 g/mol. The van der Waals surface area contributed by atoms with Gasteiger partial charge in [-0.25, -0.2) is 5.43 Å². The highest BCUT2D eigenvalue weighted by Crippen LogP contribution is 2.29. The van der Waals surface area contributed by atoms with Gasteiger partial charge in [-0.05, 0) is 50.0 Å². The van der Waals surface area contributed by atoms with Crippen LogP contribution in [0.15, 0.2) is 36.9 Å². The number of para-hydroxylation sites is 2. The second-order valence-corrected chi connectivity index (χ2v) is 10.1. The van der Waals surface area contributed by atoms with Crippen molar-refractivity contribution in [3.63, 3.8) is 0 Å². The van der Waals surface area contributed by atoms with Crippen molar-refractivity contribution < 1.29 is 0 Å². The van der Waals surface area contributed by atoms with E-state index in [-0.39, 0.29) is 4.75 Å². The molecule has 4 heteroatoms. The van der Waals surface area contributed by atoms with Crippen molar-refractivity contribution in [2.24, 2.45) is 11.8 Å². The van der Waals surface area contributed by atoms with Gasteiger partial charge in [-0.1, -0.05) is 45.9 Å². The quantitative estimate of drug-likeness (QED) is 0.258. The number of benzene rings is 1. The molecule has 0 amide bonds. The molecule has 2 N–H and O–H groups in total. The van der Waals surface area contributed by atoms with E-state index in [1.54, 1.807) is 0 Å². The maximum absolute atomic E-state index is 3.82. The molecule has 1 aromatic carbocycles. The van der Waals surface area contributed by atoms with Crippen LogP contribution in [0, 0.1) is 11.8 Å². The Morgan fingerprint density at radius 1 is 1.15 bits per heavy atom. The van der Waals surface area contributed by atoms with Crippen LogP contribution < -0.4 is 15.8 Å². The lowest BCUT2D eigenvalue weighted by Gasteiger charge is -2.31. The van der Waals surface area contributed by atoms with Crippen LogP contribution in [-0.2, 0) is 0 Å². The third-order valence-electron chi connectivity index (χ3n) is 3.95. The summed E-state index contributed by atoms with van der Waals surface area (Å²) in [6.07, 6.45) is 3.06. The molecule has 0 fully saturated rings. The second kappa shape index (κ2) is 11.6. The SMILES string of the molecule is C=CCCSC(C)(C)CNc1ccccc1N(CC(C)C)NCC(C)C. The molecule has 0 aromatic heterocycles. The van der Waals surface area contributed by atoms with Crippen molar-refractivity contribution >= 4 is 23.1 Å². The molecule has 1 aromatic rings. The van der Waals surface area contributed by atoms with Gasteiger partial charge < -0.3 is 10.3 Å². The molecule has 0 spiro atoms. The zero-order valence-electron chi connectivity index (χ0n) is 17.6. The summed E-state index contributed by atoms with van der Waals surface area (Å²) in [5.41, 5.74) is 6.05. The molecular formula is C22H39N3S. The Labute approximate surface area is 166 Å². The molecule has 0 saturated heterocycles. The van der Waals surface area contributed by atoms with Crippen molar-refractivity contribution in [2.45, 2.75) is 52.7 Å². The van der Waals surface area contributed by atoms with E-state index in [1.807, 2.05) is 17.8 Å². The van der Waals surface area contributed by atoms with Gasteiger partial charge in [0.25, 0.3) is 0 Å². The lowest BCUT2D eigenvalue weighted by molar-refractivity contribution is 0.492. The van der Waals surface area contributed by atoms with Gasteiger partial charge in [-0.15, -0.1) is 6.58 Å². The second-order valence-electron chi connectivity index (χ2n) is 8.32. The number of anilines is 2. The summed E-state index contributed by atoms with van der Waals surface area (Å²) in [6, 6.07) is 8.62. The number of hydrogen-bond acceptors (Lipinski definition) is 4. The molecule has 0 aliphatic heterocycles. The monoisotopic (exact) mass is 377 g/mol. The Morgan fingerprint density at radius 2 is 1.85 bits per heavy atom. The van der Waals surface area contributed by atoms with Crippen molar-refractivity contribution in [1.82, 2.24) is 5.43 Å². The topological polar surface area (TPSA) is 27.3 Å². The van der Waals surface area contributed by atoms with E-state index in [1.165, 1.54) is 11.4 Å². The fourth-order valence-electron chi connectivity index (χ4n) is 2.54. The van der Waals surface area contributed by atoms with Crippen LogP contribution >= 0.6 is 11.8 Å². The number of hydrogen-bond donors (Lipinski definition) is 2. The molecule has 148 valence electrons. The first kappa shape index (κ1) is 22.9. The standard InChI is InChI=1S/C22H39N3S/c1-8-9-14-26-22(6,7)17-23-20-12-10-11-13-21(20)25(16-19(4)5)24-15-18(2)3/h8,10-13,18-19,23-24H,1,9,14-17H2,2-7H3. The molecule has 0 saturated carbocycles. The molecule has 1 rings (SSSR count). The van der Waals surface area contributed by atoms with Gasteiger partial charge in [0.15, 0.2) is 0 Å². The van der Waals surface area contributed by atoms with Crippen LogP contribution in [0.5, 0.6) is 0 Å². The number of nitrogens with one attached hydrogen (secondary N) is 2. The van der Waals surface area contributed by atoms with E-state index in [9.17, 15) is 0 Å². The van der Waals surface area contributed by atoms with E-state index in [0.29, 0.717) is 11.8 Å². The number of allylic oxidation sites excluding steroid dienone is 1. The van der Waals surface area contributed by atoms with Gasteiger partial charge in [0.1, 0.15) is 0 Å². The van der Waals surface area contributed by atoms with E-state index in [2.05, 4.69) is 88.1 Å². The number of rotatable bonds is 13. The smallest absolute Gasteiger partial charge is 0.0751 e. The van der Waals surface area contributed by atoms with Gasteiger partial charge in [-0.2, -0.15) is 11.8 Å². The van der Waals surface area contributed by atoms with Gasteiger partial charge >= 0.3 is 0 Å². The maximum Gasteiger partial charge on any atom is 0.0751 e. The first-order valence-corrected chi connectivity index (χ1v) is 10.8. The third-order valence-corrected chi connectivity index (χ3v) is 5.32. The van der Waals surface area contributed by atoms with Gasteiger partial charge in [0.05, 0.1) is 11.4 Å². The Balaban J connectivity index is 2.84. The van der Waals surface area contributed by atoms with E-state index in [4.69, 9.17) is 0 Å². The Kier molecular flexibility index (Phi) is 10.2. The Hall–Kier alpha value is -1.13. The van der Waals surface area contributed by atoms with Gasteiger partial charge in [0.2, 0.25) is 0 Å². The number of hydrazine groups is 1. The zero-order valence-corrected chi connectivity index (χ0v) is 18.5. The molecule has 0 heterocycles. The van der Waals surface area contributed by atoms with E-state index in [0.717, 1.165) is 31.8 Å². The van der Waals surface area contributed by atoms with Crippen molar-refractivity contribution in [1.29, 1.82) is 0 Å². The molecule has 26 heavy (non-hydrogen) atoms. The highest BCUT2D eigenvalue weighted by Gasteiger charge is 2.19.